The van der Waals surface area contributed by atoms with Crippen LogP contribution in [0.25, 0.3) is 0 Å². The Morgan fingerprint density at radius 2 is 2.11 bits per heavy atom. The Bertz CT molecular complexity index is 588. The first-order valence-corrected chi connectivity index (χ1v) is 7.92. The first-order chi connectivity index (χ1) is 8.60. The predicted molar refractivity (Wildman–Crippen MR) is 74.2 cm³/mol. The second-order valence-corrected chi connectivity index (χ2v) is 6.82. The van der Waals surface area contributed by atoms with E-state index in [-0.39, 0.29) is 5.56 Å². The van der Waals surface area contributed by atoms with E-state index in [0.717, 1.165) is 13.6 Å². The van der Waals surface area contributed by atoms with Gasteiger partial charge in [0, 0.05) is 4.90 Å². The first-order valence-electron chi connectivity index (χ1n) is 4.68. The number of carboxylic acid groups (broad SMARTS) is 1. The zero-order chi connectivity index (χ0) is 13.1. The van der Waals surface area contributed by atoms with E-state index in [1.54, 1.807) is 6.07 Å². The summed E-state index contributed by atoms with van der Waals surface area (Å²) in [5.74, 6) is -0.992. The lowest BCUT2D eigenvalue weighted by atomic mass is 10.2. The highest BCUT2D eigenvalue weighted by Crippen LogP contribution is 2.36. The van der Waals surface area contributed by atoms with Crippen molar-refractivity contribution in [1.29, 1.82) is 0 Å². The molecule has 2 rings (SSSR count). The molecule has 1 N–H and O–H groups in total. The maximum atomic E-state index is 10.8. The maximum absolute atomic E-state index is 10.8. The number of carbonyl (C=O) groups is 1. The van der Waals surface area contributed by atoms with E-state index in [1.165, 1.54) is 47.0 Å². The van der Waals surface area contributed by atoms with Gasteiger partial charge in [0.15, 0.2) is 8.68 Å². The largest absolute Gasteiger partial charge is 0.478 e. The van der Waals surface area contributed by atoms with Crippen molar-refractivity contribution in [3.63, 3.8) is 0 Å². The zero-order valence-electron chi connectivity index (χ0n) is 9.08. The van der Waals surface area contributed by atoms with E-state index < -0.39 is 5.97 Å². The lowest BCUT2D eigenvalue weighted by Gasteiger charge is -2.02. The highest BCUT2D eigenvalue weighted by atomic mass is 35.5. The summed E-state index contributed by atoms with van der Waals surface area (Å²) in [6, 6.07) is 4.63. The molecule has 0 amide bonds. The van der Waals surface area contributed by atoms with E-state index >= 15 is 0 Å². The molecule has 0 aliphatic carbocycles. The number of hydrogen-bond donors (Lipinski definition) is 1. The molecule has 94 valence electrons. The van der Waals surface area contributed by atoms with E-state index in [0.29, 0.717) is 5.02 Å². The van der Waals surface area contributed by atoms with Gasteiger partial charge in [-0.1, -0.05) is 46.5 Å². The molecular formula is C10H7ClN2O2S3. The number of benzene rings is 1. The summed E-state index contributed by atoms with van der Waals surface area (Å²) in [6.45, 7) is 0. The van der Waals surface area contributed by atoms with Crippen LogP contribution in [-0.2, 0) is 0 Å². The minimum Gasteiger partial charge on any atom is -0.478 e. The number of aromatic carboxylic acids is 1. The molecule has 0 spiro atoms. The molecular weight excluding hydrogens is 312 g/mol. The SMILES string of the molecule is CSc1nnc(Sc2ccc(C(=O)O)cc2Cl)s1. The summed E-state index contributed by atoms with van der Waals surface area (Å²) in [5.41, 5.74) is 0.173. The zero-order valence-corrected chi connectivity index (χ0v) is 12.3. The van der Waals surface area contributed by atoms with E-state index in [9.17, 15) is 4.79 Å². The number of thioether (sulfide) groups is 1. The Hall–Kier alpha value is -0.760. The summed E-state index contributed by atoms with van der Waals surface area (Å²) in [5, 5.41) is 17.2. The van der Waals surface area contributed by atoms with Gasteiger partial charge in [0.1, 0.15) is 0 Å². The highest BCUT2D eigenvalue weighted by molar-refractivity contribution is 8.03. The van der Waals surface area contributed by atoms with Gasteiger partial charge in [-0.2, -0.15) is 0 Å². The number of hydrogen-bond acceptors (Lipinski definition) is 6. The van der Waals surface area contributed by atoms with Crippen LogP contribution in [-0.4, -0.2) is 27.5 Å². The van der Waals surface area contributed by atoms with Gasteiger partial charge in [-0.25, -0.2) is 4.79 Å². The van der Waals surface area contributed by atoms with Gasteiger partial charge >= 0.3 is 5.97 Å². The van der Waals surface area contributed by atoms with Crippen LogP contribution < -0.4 is 0 Å². The fourth-order valence-corrected chi connectivity index (χ4v) is 3.83. The van der Waals surface area contributed by atoms with Crippen molar-refractivity contribution in [3.05, 3.63) is 28.8 Å². The van der Waals surface area contributed by atoms with Gasteiger partial charge in [0.25, 0.3) is 0 Å². The molecule has 0 bridgehead atoms. The Labute approximate surface area is 121 Å². The quantitative estimate of drug-likeness (QED) is 0.866. The second-order valence-electron chi connectivity index (χ2n) is 3.09. The fraction of sp³-hybridized carbons (Fsp3) is 0.100. The normalized spacial score (nSPS) is 10.6. The van der Waals surface area contributed by atoms with E-state index in [4.69, 9.17) is 16.7 Å². The topological polar surface area (TPSA) is 63.1 Å². The number of carboxylic acids is 1. The lowest BCUT2D eigenvalue weighted by Crippen LogP contribution is -1.95. The van der Waals surface area contributed by atoms with Crippen LogP contribution in [0.5, 0.6) is 0 Å². The summed E-state index contributed by atoms with van der Waals surface area (Å²) < 4.78 is 1.67. The van der Waals surface area contributed by atoms with Crippen LogP contribution in [0.3, 0.4) is 0 Å². The van der Waals surface area contributed by atoms with Crippen molar-refractivity contribution < 1.29 is 9.90 Å². The molecule has 0 atom stereocenters. The third-order valence-electron chi connectivity index (χ3n) is 1.94. The molecule has 0 saturated carbocycles. The van der Waals surface area contributed by atoms with Crippen molar-refractivity contribution in [2.24, 2.45) is 0 Å². The standard InChI is InChI=1S/C10H7ClN2O2S3/c1-16-9-12-13-10(18-9)17-7-3-2-5(8(14)15)4-6(7)11/h2-4H,1H3,(H,14,15). The maximum Gasteiger partial charge on any atom is 0.335 e. The van der Waals surface area contributed by atoms with Crippen molar-refractivity contribution in [2.45, 2.75) is 13.6 Å². The van der Waals surface area contributed by atoms with Crippen molar-refractivity contribution in [3.8, 4) is 0 Å². The minimum atomic E-state index is -0.992. The summed E-state index contributed by atoms with van der Waals surface area (Å²) in [4.78, 5) is 11.5. The van der Waals surface area contributed by atoms with E-state index in [1.807, 2.05) is 6.26 Å². The first kappa shape index (κ1) is 13.7. The van der Waals surface area contributed by atoms with Gasteiger partial charge in [0.05, 0.1) is 10.6 Å². The average molecular weight is 319 g/mol. The Balaban J connectivity index is 2.21. The molecule has 1 aromatic carbocycles. The summed E-state index contributed by atoms with van der Waals surface area (Å²) in [6.07, 6.45) is 1.93. The molecule has 0 unspecified atom stereocenters. The monoisotopic (exact) mass is 318 g/mol. The molecule has 0 aliphatic rings. The second kappa shape index (κ2) is 5.92. The molecule has 0 aliphatic heterocycles. The van der Waals surface area contributed by atoms with Gasteiger partial charge in [-0.05, 0) is 24.5 Å². The molecule has 1 aromatic heterocycles. The van der Waals surface area contributed by atoms with Crippen molar-refractivity contribution >= 4 is 52.4 Å². The number of nitrogens with zero attached hydrogens (tertiary/aromatic N) is 2. The van der Waals surface area contributed by atoms with Crippen LogP contribution in [0.4, 0.5) is 0 Å². The van der Waals surface area contributed by atoms with Crippen LogP contribution >= 0.6 is 46.5 Å². The molecule has 0 fully saturated rings. The summed E-state index contributed by atoms with van der Waals surface area (Å²) >= 11 is 10.4. The van der Waals surface area contributed by atoms with Gasteiger partial charge in [-0.3, -0.25) is 0 Å². The Kier molecular flexibility index (Phi) is 4.50. The van der Waals surface area contributed by atoms with Crippen LogP contribution in [0, 0.1) is 0 Å². The molecule has 2 aromatic rings. The predicted octanol–water partition coefficient (Wildman–Crippen LogP) is 3.76. The lowest BCUT2D eigenvalue weighted by molar-refractivity contribution is 0.0697. The molecule has 1 heterocycles. The van der Waals surface area contributed by atoms with Gasteiger partial charge < -0.3 is 5.11 Å². The molecule has 0 radical (unpaired) electrons. The third kappa shape index (κ3) is 3.17. The summed E-state index contributed by atoms with van der Waals surface area (Å²) in [7, 11) is 0. The van der Waals surface area contributed by atoms with Crippen molar-refractivity contribution in [1.82, 2.24) is 10.2 Å². The molecule has 8 heteroatoms. The fourth-order valence-electron chi connectivity index (χ4n) is 1.13. The molecule has 4 nitrogen and oxygen atoms in total. The number of halogens is 1. The van der Waals surface area contributed by atoms with Crippen LogP contribution in [0.2, 0.25) is 5.02 Å². The Morgan fingerprint density at radius 1 is 1.39 bits per heavy atom. The molecule has 18 heavy (non-hydrogen) atoms. The minimum absolute atomic E-state index is 0.173. The smallest absolute Gasteiger partial charge is 0.335 e. The Morgan fingerprint density at radius 3 is 2.67 bits per heavy atom. The van der Waals surface area contributed by atoms with Crippen LogP contribution in [0.1, 0.15) is 10.4 Å². The number of rotatable bonds is 4. The van der Waals surface area contributed by atoms with E-state index in [2.05, 4.69) is 10.2 Å². The number of aromatic nitrogens is 2. The van der Waals surface area contributed by atoms with Gasteiger partial charge in [-0.15, -0.1) is 10.2 Å². The third-order valence-corrected chi connectivity index (χ3v) is 5.39. The highest BCUT2D eigenvalue weighted by Gasteiger charge is 2.11. The van der Waals surface area contributed by atoms with Crippen LogP contribution in [0.15, 0.2) is 31.8 Å². The molecule has 0 saturated heterocycles. The van der Waals surface area contributed by atoms with Gasteiger partial charge in [0.2, 0.25) is 0 Å². The van der Waals surface area contributed by atoms with Crippen molar-refractivity contribution in [2.75, 3.05) is 6.26 Å². The average Bonchev–Trinajstić information content (AvgIpc) is 2.79.